The van der Waals surface area contributed by atoms with Gasteiger partial charge in [0.15, 0.2) is 5.43 Å². The first-order valence-corrected chi connectivity index (χ1v) is 6.00. The molecule has 1 fully saturated rings. The Morgan fingerprint density at radius 3 is 3.00 bits per heavy atom. The van der Waals surface area contributed by atoms with Gasteiger partial charge in [-0.25, -0.2) is 0 Å². The molecule has 0 saturated carbocycles. The molecule has 0 aromatic carbocycles. The molecule has 0 spiro atoms. The Morgan fingerprint density at radius 2 is 2.33 bits per heavy atom. The van der Waals surface area contributed by atoms with Crippen LogP contribution < -0.4 is 11.2 Å². The van der Waals surface area contributed by atoms with Gasteiger partial charge in [-0.15, -0.1) is 0 Å². The van der Waals surface area contributed by atoms with Gasteiger partial charge in [-0.3, -0.25) is 9.59 Å². The van der Waals surface area contributed by atoms with Crippen molar-refractivity contribution in [1.82, 2.24) is 14.8 Å². The van der Waals surface area contributed by atoms with E-state index in [4.69, 9.17) is 5.73 Å². The smallest absolute Gasteiger partial charge is 0.259 e. The molecule has 1 atom stereocenters. The van der Waals surface area contributed by atoms with Crippen molar-refractivity contribution >= 4 is 5.91 Å². The molecule has 1 aromatic heterocycles. The molecule has 98 valence electrons. The first-order chi connectivity index (χ1) is 8.63. The lowest BCUT2D eigenvalue weighted by Crippen LogP contribution is -2.57. The van der Waals surface area contributed by atoms with E-state index in [1.165, 1.54) is 18.5 Å². The molecular weight excluding hydrogens is 232 g/mol. The molecule has 6 heteroatoms. The summed E-state index contributed by atoms with van der Waals surface area (Å²) in [4.78, 5) is 30.6. The van der Waals surface area contributed by atoms with E-state index >= 15 is 0 Å². The lowest BCUT2D eigenvalue weighted by Gasteiger charge is -2.39. The van der Waals surface area contributed by atoms with Crippen molar-refractivity contribution < 1.29 is 4.79 Å². The summed E-state index contributed by atoms with van der Waals surface area (Å²) in [5, 5.41) is 0. The van der Waals surface area contributed by atoms with Gasteiger partial charge in [0.1, 0.15) is 5.56 Å². The first kappa shape index (κ1) is 12.8. The standard InChI is InChI=1S/C12H18N4O2/c1-15-4-5-16(9(6-13)8-15)12(18)10-7-14-3-2-11(10)17/h2-3,7,9H,4-6,8,13H2,1H3,(H,14,17). The molecule has 0 radical (unpaired) electrons. The summed E-state index contributed by atoms with van der Waals surface area (Å²) in [7, 11) is 2.00. The van der Waals surface area contributed by atoms with Gasteiger partial charge in [-0.1, -0.05) is 0 Å². The number of nitrogens with one attached hydrogen (secondary N) is 1. The predicted molar refractivity (Wildman–Crippen MR) is 68.4 cm³/mol. The average molecular weight is 250 g/mol. The van der Waals surface area contributed by atoms with Crippen LogP contribution in [0.5, 0.6) is 0 Å². The Bertz CT molecular complexity index is 485. The maximum absolute atomic E-state index is 12.3. The SMILES string of the molecule is CN1CCN(C(=O)c2c[nH]ccc2=O)C(CN)C1. The summed E-state index contributed by atoms with van der Waals surface area (Å²) in [5.74, 6) is -0.236. The number of carbonyl (C=O) groups excluding carboxylic acids is 1. The lowest BCUT2D eigenvalue weighted by molar-refractivity contribution is 0.0514. The van der Waals surface area contributed by atoms with E-state index < -0.39 is 0 Å². The number of nitrogens with zero attached hydrogens (tertiary/aromatic N) is 2. The predicted octanol–water partition coefficient (Wildman–Crippen LogP) is -0.910. The van der Waals surface area contributed by atoms with Gasteiger partial charge in [0, 0.05) is 44.6 Å². The van der Waals surface area contributed by atoms with Gasteiger partial charge in [0.25, 0.3) is 5.91 Å². The van der Waals surface area contributed by atoms with E-state index in [1.807, 2.05) is 7.05 Å². The third-order valence-corrected chi connectivity index (χ3v) is 3.27. The monoisotopic (exact) mass is 250 g/mol. The molecular formula is C12H18N4O2. The van der Waals surface area contributed by atoms with Crippen molar-refractivity contribution in [3.63, 3.8) is 0 Å². The molecule has 1 aliphatic heterocycles. The van der Waals surface area contributed by atoms with Crippen LogP contribution in [0.1, 0.15) is 10.4 Å². The fourth-order valence-electron chi connectivity index (χ4n) is 2.22. The van der Waals surface area contributed by atoms with Crippen LogP contribution in [-0.2, 0) is 0 Å². The molecule has 0 aliphatic carbocycles. The number of carbonyl (C=O) groups is 1. The van der Waals surface area contributed by atoms with Gasteiger partial charge in [0.05, 0.1) is 6.04 Å². The van der Waals surface area contributed by atoms with Crippen LogP contribution >= 0.6 is 0 Å². The zero-order valence-corrected chi connectivity index (χ0v) is 10.4. The highest BCUT2D eigenvalue weighted by Gasteiger charge is 2.29. The largest absolute Gasteiger partial charge is 0.367 e. The van der Waals surface area contributed by atoms with E-state index in [2.05, 4.69) is 9.88 Å². The maximum Gasteiger partial charge on any atom is 0.259 e. The van der Waals surface area contributed by atoms with E-state index in [9.17, 15) is 9.59 Å². The number of aromatic nitrogens is 1. The van der Waals surface area contributed by atoms with Crippen LogP contribution in [-0.4, -0.2) is 60.0 Å². The van der Waals surface area contributed by atoms with Gasteiger partial charge < -0.3 is 20.5 Å². The maximum atomic E-state index is 12.3. The minimum atomic E-state index is -0.256. The molecule has 1 unspecified atom stereocenters. The number of nitrogens with two attached hydrogens (primary N) is 1. The fourth-order valence-corrected chi connectivity index (χ4v) is 2.22. The minimum Gasteiger partial charge on any atom is -0.367 e. The van der Waals surface area contributed by atoms with Crippen LogP contribution in [0.25, 0.3) is 0 Å². The molecule has 2 heterocycles. The number of hydrogen-bond donors (Lipinski definition) is 2. The van der Waals surface area contributed by atoms with Crippen LogP contribution in [0.3, 0.4) is 0 Å². The molecule has 1 aliphatic rings. The molecule has 18 heavy (non-hydrogen) atoms. The minimum absolute atomic E-state index is 0.0316. The fraction of sp³-hybridized carbons (Fsp3) is 0.500. The first-order valence-electron chi connectivity index (χ1n) is 6.00. The normalized spacial score (nSPS) is 21.0. The highest BCUT2D eigenvalue weighted by molar-refractivity contribution is 5.94. The highest BCUT2D eigenvalue weighted by Crippen LogP contribution is 2.10. The Hall–Kier alpha value is -1.66. The number of aromatic amines is 1. The average Bonchev–Trinajstić information content (AvgIpc) is 2.38. The van der Waals surface area contributed by atoms with E-state index in [1.54, 1.807) is 4.90 Å². The Morgan fingerprint density at radius 1 is 1.56 bits per heavy atom. The summed E-state index contributed by atoms with van der Waals surface area (Å²) < 4.78 is 0. The second-order valence-electron chi connectivity index (χ2n) is 4.57. The number of likely N-dealkylation sites (N-methyl/N-ethyl adjacent to an activating group) is 1. The third kappa shape index (κ3) is 2.44. The number of amides is 1. The molecule has 1 amide bonds. The summed E-state index contributed by atoms with van der Waals surface area (Å²) in [6.45, 7) is 2.55. The quantitative estimate of drug-likeness (QED) is 0.712. The zero-order chi connectivity index (χ0) is 13.1. The van der Waals surface area contributed by atoms with Gasteiger partial charge in [0.2, 0.25) is 0 Å². The Kier molecular flexibility index (Phi) is 3.78. The number of hydrogen-bond acceptors (Lipinski definition) is 4. The summed E-state index contributed by atoms with van der Waals surface area (Å²) >= 11 is 0. The Balaban J connectivity index is 2.23. The number of pyridine rings is 1. The van der Waals surface area contributed by atoms with Crippen LogP contribution in [0.2, 0.25) is 0 Å². The van der Waals surface area contributed by atoms with Gasteiger partial charge in [-0.2, -0.15) is 0 Å². The van der Waals surface area contributed by atoms with E-state index in [0.29, 0.717) is 13.1 Å². The van der Waals surface area contributed by atoms with Crippen LogP contribution in [0.4, 0.5) is 0 Å². The summed E-state index contributed by atoms with van der Waals surface area (Å²) in [6.07, 6.45) is 2.97. The van der Waals surface area contributed by atoms with E-state index in [-0.39, 0.29) is 22.9 Å². The van der Waals surface area contributed by atoms with Crippen molar-refractivity contribution in [2.75, 3.05) is 33.2 Å². The topological polar surface area (TPSA) is 82.4 Å². The second kappa shape index (κ2) is 5.32. The molecule has 2 rings (SSSR count). The van der Waals surface area contributed by atoms with Crippen LogP contribution in [0.15, 0.2) is 23.3 Å². The molecule has 1 saturated heterocycles. The van der Waals surface area contributed by atoms with Gasteiger partial charge >= 0.3 is 0 Å². The van der Waals surface area contributed by atoms with E-state index in [0.717, 1.165) is 13.1 Å². The van der Waals surface area contributed by atoms with Gasteiger partial charge in [-0.05, 0) is 7.05 Å². The molecule has 6 nitrogen and oxygen atoms in total. The molecule has 0 bridgehead atoms. The van der Waals surface area contributed by atoms with Crippen molar-refractivity contribution in [3.05, 3.63) is 34.2 Å². The van der Waals surface area contributed by atoms with Crippen LogP contribution in [0, 0.1) is 0 Å². The van der Waals surface area contributed by atoms with Crippen molar-refractivity contribution in [2.45, 2.75) is 6.04 Å². The van der Waals surface area contributed by atoms with Crippen molar-refractivity contribution in [1.29, 1.82) is 0 Å². The summed E-state index contributed by atoms with van der Waals surface area (Å²) in [5.41, 5.74) is 5.63. The van der Waals surface area contributed by atoms with Crippen molar-refractivity contribution in [3.8, 4) is 0 Å². The number of piperazine rings is 1. The highest BCUT2D eigenvalue weighted by atomic mass is 16.2. The number of H-pyrrole nitrogens is 1. The third-order valence-electron chi connectivity index (χ3n) is 3.27. The second-order valence-corrected chi connectivity index (χ2v) is 4.57. The summed E-state index contributed by atoms with van der Waals surface area (Å²) in [6, 6.07) is 1.33. The zero-order valence-electron chi connectivity index (χ0n) is 10.4. The van der Waals surface area contributed by atoms with Crippen molar-refractivity contribution in [2.24, 2.45) is 5.73 Å². The number of rotatable bonds is 2. The molecule has 3 N–H and O–H groups in total. The molecule has 1 aromatic rings. The lowest BCUT2D eigenvalue weighted by atomic mass is 10.1. The Labute approximate surface area is 105 Å².